The molecule has 2 heterocycles. The molecule has 4 fully saturated rings. The molecule has 4 bridgehead atoms. The van der Waals surface area contributed by atoms with Crippen LogP contribution >= 0.6 is 0 Å². The Morgan fingerprint density at radius 2 is 1.08 bits per heavy atom. The summed E-state index contributed by atoms with van der Waals surface area (Å²) in [5.41, 5.74) is 5.62. The van der Waals surface area contributed by atoms with E-state index in [1.54, 1.807) is 0 Å². The Labute approximate surface area is 217 Å². The second-order valence-corrected chi connectivity index (χ2v) is 13.5. The van der Waals surface area contributed by atoms with Gasteiger partial charge in [-0.15, -0.1) is 0 Å². The van der Waals surface area contributed by atoms with E-state index in [0.29, 0.717) is 0 Å². The summed E-state index contributed by atoms with van der Waals surface area (Å²) in [5.74, 6) is 1.44. The molecule has 4 nitrogen and oxygen atoms in total. The highest BCUT2D eigenvalue weighted by molar-refractivity contribution is 5.95. The predicted octanol–water partition coefficient (Wildman–Crippen LogP) is 7.83. The van der Waals surface area contributed by atoms with Gasteiger partial charge in [0, 0.05) is 34.6 Å². The summed E-state index contributed by atoms with van der Waals surface area (Å²) in [6.07, 6.45) is 11.1. The normalized spacial score (nSPS) is 37.6. The van der Waals surface area contributed by atoms with Gasteiger partial charge in [0.15, 0.2) is 0 Å². The average Bonchev–Trinajstić information content (AvgIpc) is 3.39. The first kappa shape index (κ1) is 24.0. The highest BCUT2D eigenvalue weighted by atomic mass is 15.0. The molecule has 0 N–H and O–H groups in total. The van der Waals surface area contributed by atoms with Crippen molar-refractivity contribution in [3.63, 3.8) is 0 Å². The van der Waals surface area contributed by atoms with Crippen LogP contribution in [-0.2, 0) is 0 Å². The van der Waals surface area contributed by atoms with Crippen molar-refractivity contribution < 1.29 is 0 Å². The molecule has 36 heavy (non-hydrogen) atoms. The second-order valence-electron chi connectivity index (χ2n) is 13.5. The van der Waals surface area contributed by atoms with Gasteiger partial charge in [-0.1, -0.05) is 53.7 Å². The molecule has 6 rings (SSSR count). The van der Waals surface area contributed by atoms with Gasteiger partial charge in [0.05, 0.1) is 11.4 Å². The second kappa shape index (κ2) is 8.07. The fraction of sp³-hybridized carbons (Fsp3) is 0.625. The lowest BCUT2D eigenvalue weighted by atomic mass is 9.70. The summed E-state index contributed by atoms with van der Waals surface area (Å²) in [7, 11) is 0. The molecule has 0 spiro atoms. The first-order chi connectivity index (χ1) is 17.1. The Bertz CT molecular complexity index is 1100. The molecule has 0 radical (unpaired) electrons. The van der Waals surface area contributed by atoms with Crippen LogP contribution in [0.2, 0.25) is 0 Å². The minimum atomic E-state index is -0.165. The van der Waals surface area contributed by atoms with E-state index in [9.17, 15) is 0 Å². The molecular weight excluding hydrogens is 440 g/mol. The van der Waals surface area contributed by atoms with Crippen LogP contribution in [0.3, 0.4) is 0 Å². The van der Waals surface area contributed by atoms with Gasteiger partial charge in [0.1, 0.15) is 12.1 Å². The van der Waals surface area contributed by atoms with Gasteiger partial charge >= 0.3 is 0 Å². The van der Waals surface area contributed by atoms with Crippen LogP contribution in [0, 0.1) is 33.5 Å². The zero-order valence-electron chi connectivity index (χ0n) is 23.0. The van der Waals surface area contributed by atoms with Crippen molar-refractivity contribution in [2.24, 2.45) is 43.5 Å². The van der Waals surface area contributed by atoms with E-state index in [0.717, 1.165) is 36.1 Å². The molecule has 4 saturated carbocycles. The quantitative estimate of drug-likeness (QED) is 0.436. The topological polar surface area (TPSA) is 50.5 Å². The minimum absolute atomic E-state index is 0.146. The molecule has 190 valence electrons. The average molecular weight is 483 g/mol. The van der Waals surface area contributed by atoms with Crippen LogP contribution in [0.1, 0.15) is 104 Å². The smallest absolute Gasteiger partial charge is 0.120 e. The van der Waals surface area contributed by atoms with Gasteiger partial charge in [-0.3, -0.25) is 20.0 Å². The number of nitrogens with zero attached hydrogens (tertiary/aromatic N) is 4. The molecule has 4 aliphatic carbocycles. The minimum Gasteiger partial charge on any atom is -0.281 e. The summed E-state index contributed by atoms with van der Waals surface area (Å²) < 4.78 is 0. The molecule has 2 aromatic heterocycles. The van der Waals surface area contributed by atoms with Crippen molar-refractivity contribution in [3.05, 3.63) is 60.2 Å². The van der Waals surface area contributed by atoms with Crippen LogP contribution in [0.4, 0.5) is 0 Å². The zero-order valence-corrected chi connectivity index (χ0v) is 23.0. The molecule has 2 aromatic rings. The number of hydrogen-bond acceptors (Lipinski definition) is 4. The predicted molar refractivity (Wildman–Crippen MR) is 147 cm³/mol. The summed E-state index contributed by atoms with van der Waals surface area (Å²) in [4.78, 5) is 21.0. The van der Waals surface area contributed by atoms with Crippen molar-refractivity contribution in [2.45, 2.75) is 92.2 Å². The maximum absolute atomic E-state index is 5.64. The first-order valence-corrected chi connectivity index (χ1v) is 14.0. The van der Waals surface area contributed by atoms with Crippen molar-refractivity contribution in [1.82, 2.24) is 9.97 Å². The Morgan fingerprint density at radius 1 is 0.667 bits per heavy atom. The number of aromatic nitrogens is 2. The first-order valence-electron chi connectivity index (χ1n) is 14.0. The summed E-state index contributed by atoms with van der Waals surface area (Å²) in [6.45, 7) is 14.7. The van der Waals surface area contributed by atoms with E-state index in [2.05, 4.69) is 65.8 Å². The molecule has 0 aliphatic heterocycles. The van der Waals surface area contributed by atoms with Gasteiger partial charge in [-0.2, -0.15) is 0 Å². The maximum Gasteiger partial charge on any atom is 0.120 e. The Kier molecular flexibility index (Phi) is 5.38. The van der Waals surface area contributed by atoms with Crippen LogP contribution in [0.5, 0.6) is 0 Å². The van der Waals surface area contributed by atoms with E-state index < -0.39 is 0 Å². The Balaban J connectivity index is 1.50. The zero-order chi connectivity index (χ0) is 25.3. The Hall–Kier alpha value is -2.36. The van der Waals surface area contributed by atoms with E-state index in [1.807, 2.05) is 24.5 Å². The van der Waals surface area contributed by atoms with Gasteiger partial charge in [0.2, 0.25) is 0 Å². The third-order valence-corrected chi connectivity index (χ3v) is 11.9. The molecule has 2 unspecified atom stereocenters. The standard InChI is InChI=1S/C32H42N4/c1-29(2)21-13-15-31(29,5)25(19-21)35-27(23-11-7-9-17-33-23)28(24-12-8-10-18-34-24)36-26-20-22-14-16-32(26,6)30(22,3)4/h7-12,17-18,21-22,27-28H,13-16,19-20H2,1-6H3/t21-,22-,27?,28?,31+,32+/m1/s1. The van der Waals surface area contributed by atoms with Crippen LogP contribution in [0.25, 0.3) is 0 Å². The third-order valence-electron chi connectivity index (χ3n) is 11.9. The van der Waals surface area contributed by atoms with Crippen LogP contribution < -0.4 is 0 Å². The molecular formula is C32H42N4. The van der Waals surface area contributed by atoms with Gasteiger partial charge < -0.3 is 0 Å². The van der Waals surface area contributed by atoms with E-state index in [1.165, 1.54) is 37.1 Å². The number of rotatable bonds is 5. The van der Waals surface area contributed by atoms with Crippen LogP contribution in [0.15, 0.2) is 58.8 Å². The summed E-state index contributed by atoms with van der Waals surface area (Å²) >= 11 is 0. The van der Waals surface area contributed by atoms with E-state index in [4.69, 9.17) is 20.0 Å². The lowest BCUT2D eigenvalue weighted by Gasteiger charge is -2.36. The largest absolute Gasteiger partial charge is 0.281 e. The third kappa shape index (κ3) is 3.25. The van der Waals surface area contributed by atoms with E-state index >= 15 is 0 Å². The molecule has 6 atom stereocenters. The fourth-order valence-corrected chi connectivity index (χ4v) is 8.28. The van der Waals surface area contributed by atoms with Crippen molar-refractivity contribution in [2.75, 3.05) is 0 Å². The number of fused-ring (bicyclic) bond motifs is 4. The molecule has 0 saturated heterocycles. The summed E-state index contributed by atoms with van der Waals surface area (Å²) in [6, 6.07) is 12.1. The number of aliphatic imine (C=N–C) groups is 2. The lowest BCUT2D eigenvalue weighted by molar-refractivity contribution is 0.193. The van der Waals surface area contributed by atoms with Gasteiger partial charge in [0.25, 0.3) is 0 Å². The highest BCUT2D eigenvalue weighted by Crippen LogP contribution is 2.66. The van der Waals surface area contributed by atoms with Crippen LogP contribution in [-0.4, -0.2) is 21.4 Å². The Morgan fingerprint density at radius 3 is 1.36 bits per heavy atom. The van der Waals surface area contributed by atoms with Crippen molar-refractivity contribution >= 4 is 11.4 Å². The van der Waals surface area contributed by atoms with Crippen molar-refractivity contribution in [3.8, 4) is 0 Å². The lowest BCUT2D eigenvalue weighted by Crippen LogP contribution is -2.34. The van der Waals surface area contributed by atoms with Gasteiger partial charge in [-0.25, -0.2) is 0 Å². The van der Waals surface area contributed by atoms with Crippen molar-refractivity contribution in [1.29, 1.82) is 0 Å². The molecule has 0 aromatic carbocycles. The molecule has 4 heteroatoms. The molecule has 4 aliphatic rings. The highest BCUT2D eigenvalue weighted by Gasteiger charge is 2.61. The van der Waals surface area contributed by atoms with Gasteiger partial charge in [-0.05, 0) is 85.5 Å². The summed E-state index contributed by atoms with van der Waals surface area (Å²) in [5, 5.41) is 0. The van der Waals surface area contributed by atoms with E-state index in [-0.39, 0.29) is 33.7 Å². The maximum atomic E-state index is 5.64. The monoisotopic (exact) mass is 482 g/mol. The molecule has 0 amide bonds. The SMILES string of the molecule is CC1(C)[C@@H]2CC[C@@]1(C)C(=NC(c1ccccn1)C(N=C1C[C@H]3CC[C@]1(C)C3(C)C)c1ccccn1)C2. The number of hydrogen-bond donors (Lipinski definition) is 0. The fourth-order valence-electron chi connectivity index (χ4n) is 8.28. The number of pyridine rings is 2.